The van der Waals surface area contributed by atoms with Crippen LogP contribution in [-0.4, -0.2) is 10.1 Å². The van der Waals surface area contributed by atoms with E-state index in [9.17, 15) is 0 Å². The monoisotopic (exact) mass is 447 g/mol. The second-order valence-electron chi connectivity index (χ2n) is 9.61. The van der Waals surface area contributed by atoms with Crippen molar-refractivity contribution in [2.45, 2.75) is 31.8 Å². The summed E-state index contributed by atoms with van der Waals surface area (Å²) in [6, 6.07) is 32.5. The Bertz CT molecular complexity index is 1430. The molecule has 3 heteroatoms. The van der Waals surface area contributed by atoms with Crippen molar-refractivity contribution in [2.24, 2.45) is 0 Å². The lowest BCUT2D eigenvalue weighted by molar-refractivity contribution is 0.295. The minimum Gasteiger partial charge on any atom is -0.479 e. The Morgan fingerprint density at radius 2 is 1.42 bits per heavy atom. The molecule has 2 nitrogen and oxygen atoms in total. The third-order valence-electron chi connectivity index (χ3n) is 6.42. The van der Waals surface area contributed by atoms with Crippen molar-refractivity contribution in [3.63, 3.8) is 0 Å². The molecule has 1 aromatic heterocycles. The van der Waals surface area contributed by atoms with Gasteiger partial charge in [-0.15, -0.1) is 0 Å². The maximum atomic E-state index is 6.68. The van der Waals surface area contributed by atoms with Crippen LogP contribution in [0.5, 0.6) is 5.75 Å². The van der Waals surface area contributed by atoms with Crippen molar-refractivity contribution in [2.75, 3.05) is 0 Å². The van der Waals surface area contributed by atoms with E-state index in [-0.39, 0.29) is 11.0 Å². The highest BCUT2D eigenvalue weighted by atomic mass is 31.1. The Hall–Kier alpha value is -3.22. The maximum Gasteiger partial charge on any atom is 0.163 e. The van der Waals surface area contributed by atoms with Crippen LogP contribution in [-0.2, 0) is 0 Å². The predicted molar refractivity (Wildman–Crippen MR) is 141 cm³/mol. The van der Waals surface area contributed by atoms with E-state index in [1.165, 1.54) is 38.0 Å². The lowest BCUT2D eigenvalue weighted by Crippen LogP contribution is -2.21. The molecule has 0 spiro atoms. The van der Waals surface area contributed by atoms with Gasteiger partial charge in [0.05, 0.1) is 5.69 Å². The first-order valence-electron chi connectivity index (χ1n) is 11.4. The van der Waals surface area contributed by atoms with Crippen LogP contribution in [0, 0.1) is 0 Å². The molecule has 1 aliphatic rings. The molecule has 0 saturated carbocycles. The molecule has 0 N–H and O–H groups in total. The van der Waals surface area contributed by atoms with Crippen LogP contribution in [0.3, 0.4) is 0 Å². The summed E-state index contributed by atoms with van der Waals surface area (Å²) in [6.45, 7) is 7.02. The molecule has 0 saturated heterocycles. The van der Waals surface area contributed by atoms with E-state index >= 15 is 0 Å². The number of ether oxygens (including phenoxy) is 1. The number of benzene rings is 4. The molecule has 2 heterocycles. The maximum absolute atomic E-state index is 6.68. The summed E-state index contributed by atoms with van der Waals surface area (Å²) >= 11 is 0. The fourth-order valence-electron chi connectivity index (χ4n) is 5.06. The van der Waals surface area contributed by atoms with Gasteiger partial charge in [-0.3, -0.25) is 4.98 Å². The van der Waals surface area contributed by atoms with Gasteiger partial charge in [0.25, 0.3) is 0 Å². The van der Waals surface area contributed by atoms with Crippen molar-refractivity contribution >= 4 is 34.8 Å². The summed E-state index contributed by atoms with van der Waals surface area (Å²) < 4.78 is 6.68. The van der Waals surface area contributed by atoms with Crippen LogP contribution in [0.4, 0.5) is 0 Å². The molecule has 0 radical (unpaired) electrons. The van der Waals surface area contributed by atoms with Gasteiger partial charge >= 0.3 is 0 Å². The van der Waals surface area contributed by atoms with E-state index in [1.807, 2.05) is 12.3 Å². The molecule has 0 aliphatic carbocycles. The SMILES string of the molecule is CC(C)(C)[P@@]1c2c(cccc2-c2c3ccccc3cc3ccccc23)O[C@H]1c1ccccn1. The standard InChI is InChI=1S/C30H26NOP/c1-30(2,3)33-28-24(15-10-17-26(28)32-29(33)25-16-8-9-18-31-25)27-22-13-6-4-11-20(22)19-21-12-5-7-14-23(21)27/h4-19,29H,1-3H3/t29-,33+/m1/s1. The first-order valence-corrected chi connectivity index (χ1v) is 12.8. The van der Waals surface area contributed by atoms with E-state index in [0.717, 1.165) is 11.4 Å². The normalized spacial score (nSPS) is 17.8. The fourth-order valence-corrected chi connectivity index (χ4v) is 8.12. The van der Waals surface area contributed by atoms with Crippen LogP contribution < -0.4 is 10.0 Å². The topological polar surface area (TPSA) is 22.1 Å². The van der Waals surface area contributed by atoms with Crippen LogP contribution in [0.2, 0.25) is 0 Å². The third-order valence-corrected chi connectivity index (χ3v) is 9.64. The minimum absolute atomic E-state index is 0.0430. The Kier molecular flexibility index (Phi) is 4.75. The number of hydrogen-bond donors (Lipinski definition) is 0. The predicted octanol–water partition coefficient (Wildman–Crippen LogP) is 8.05. The summed E-state index contributed by atoms with van der Waals surface area (Å²) in [7, 11) is -0.682. The number of rotatable bonds is 2. The number of aromatic nitrogens is 1. The zero-order valence-corrected chi connectivity index (χ0v) is 20.0. The van der Waals surface area contributed by atoms with Gasteiger partial charge < -0.3 is 4.74 Å². The van der Waals surface area contributed by atoms with Crippen LogP contribution >= 0.6 is 7.92 Å². The Morgan fingerprint density at radius 1 is 0.758 bits per heavy atom. The summed E-state index contributed by atoms with van der Waals surface area (Å²) in [4.78, 5) is 4.70. The van der Waals surface area contributed by atoms with E-state index in [2.05, 4.69) is 106 Å². The smallest absolute Gasteiger partial charge is 0.163 e. The number of hydrogen-bond acceptors (Lipinski definition) is 2. The lowest BCUT2D eigenvalue weighted by Gasteiger charge is -2.32. The zero-order valence-electron chi connectivity index (χ0n) is 19.1. The lowest BCUT2D eigenvalue weighted by atomic mass is 9.92. The highest BCUT2D eigenvalue weighted by Gasteiger charge is 2.44. The van der Waals surface area contributed by atoms with Crippen LogP contribution in [0.25, 0.3) is 32.7 Å². The number of nitrogens with zero attached hydrogens (tertiary/aromatic N) is 1. The van der Waals surface area contributed by atoms with Gasteiger partial charge in [0.2, 0.25) is 0 Å². The molecule has 6 rings (SSSR count). The Morgan fingerprint density at radius 3 is 2.06 bits per heavy atom. The van der Waals surface area contributed by atoms with Gasteiger partial charge in [-0.05, 0) is 70.0 Å². The molecule has 4 aromatic carbocycles. The summed E-state index contributed by atoms with van der Waals surface area (Å²) in [5.74, 6) is 0.958. The molecule has 0 amide bonds. The van der Waals surface area contributed by atoms with E-state index in [4.69, 9.17) is 9.72 Å². The molecule has 0 bridgehead atoms. The summed E-state index contributed by atoms with van der Waals surface area (Å²) in [5.41, 5.74) is 3.62. The second-order valence-corrected chi connectivity index (χ2v) is 12.6. The van der Waals surface area contributed by atoms with Gasteiger partial charge in [0, 0.05) is 11.5 Å². The fraction of sp³-hybridized carbons (Fsp3) is 0.167. The Labute approximate surface area is 196 Å². The molecular formula is C30H26NOP. The highest BCUT2D eigenvalue weighted by molar-refractivity contribution is 7.68. The highest BCUT2D eigenvalue weighted by Crippen LogP contribution is 2.66. The van der Waals surface area contributed by atoms with Crippen molar-refractivity contribution in [3.05, 3.63) is 103 Å². The molecular weight excluding hydrogens is 421 g/mol. The molecule has 0 fully saturated rings. The summed E-state index contributed by atoms with van der Waals surface area (Å²) in [5, 5.41) is 6.52. The van der Waals surface area contributed by atoms with E-state index in [0.29, 0.717) is 0 Å². The van der Waals surface area contributed by atoms with Crippen molar-refractivity contribution in [1.29, 1.82) is 0 Å². The van der Waals surface area contributed by atoms with Gasteiger partial charge in [-0.2, -0.15) is 0 Å². The average molecular weight is 448 g/mol. The quantitative estimate of drug-likeness (QED) is 0.202. The van der Waals surface area contributed by atoms with Crippen molar-refractivity contribution in [3.8, 4) is 16.9 Å². The van der Waals surface area contributed by atoms with Crippen LogP contribution in [0.1, 0.15) is 32.3 Å². The van der Waals surface area contributed by atoms with Gasteiger partial charge in [-0.1, -0.05) is 87.5 Å². The molecule has 2 atom stereocenters. The van der Waals surface area contributed by atoms with Gasteiger partial charge in [-0.25, -0.2) is 0 Å². The number of fused-ring (bicyclic) bond motifs is 3. The zero-order chi connectivity index (χ0) is 22.6. The second kappa shape index (κ2) is 7.68. The first kappa shape index (κ1) is 20.4. The molecule has 162 valence electrons. The first-order chi connectivity index (χ1) is 16.0. The average Bonchev–Trinajstić information content (AvgIpc) is 3.24. The molecule has 5 aromatic rings. The third kappa shape index (κ3) is 3.33. The van der Waals surface area contributed by atoms with Gasteiger partial charge in [0.1, 0.15) is 5.75 Å². The Balaban J connectivity index is 1.68. The minimum atomic E-state index is -0.682. The molecule has 1 aliphatic heterocycles. The largest absolute Gasteiger partial charge is 0.479 e. The van der Waals surface area contributed by atoms with Gasteiger partial charge in [0.15, 0.2) is 5.85 Å². The van der Waals surface area contributed by atoms with E-state index in [1.54, 1.807) is 0 Å². The van der Waals surface area contributed by atoms with Crippen molar-refractivity contribution in [1.82, 2.24) is 4.98 Å². The summed E-state index contributed by atoms with van der Waals surface area (Å²) in [6.07, 6.45) is 1.87. The van der Waals surface area contributed by atoms with Crippen molar-refractivity contribution < 1.29 is 4.74 Å². The number of pyridine rings is 1. The molecule has 0 unspecified atom stereocenters. The van der Waals surface area contributed by atoms with E-state index < -0.39 is 7.92 Å². The van der Waals surface area contributed by atoms with Crippen LogP contribution in [0.15, 0.2) is 97.2 Å². The molecule has 33 heavy (non-hydrogen) atoms.